The number of anilines is 1. The van der Waals surface area contributed by atoms with Gasteiger partial charge in [0.05, 0.1) is 23.7 Å². The highest BCUT2D eigenvalue weighted by atomic mass is 16.5. The molecule has 8 heteroatoms. The van der Waals surface area contributed by atoms with Crippen LogP contribution >= 0.6 is 0 Å². The highest BCUT2D eigenvalue weighted by Gasteiger charge is 2.18. The first-order valence-corrected chi connectivity index (χ1v) is 10.5. The smallest absolute Gasteiger partial charge is 0.335 e. The lowest BCUT2D eigenvalue weighted by Gasteiger charge is -2.17. The summed E-state index contributed by atoms with van der Waals surface area (Å²) in [7, 11) is 6.74. The fourth-order valence-corrected chi connectivity index (χ4v) is 4.14. The van der Waals surface area contributed by atoms with Crippen molar-refractivity contribution < 1.29 is 9.53 Å². The Bertz CT molecular complexity index is 1500. The lowest BCUT2D eigenvalue weighted by Crippen LogP contribution is -2.38. The number of ether oxygens (including phenoxy) is 1. The van der Waals surface area contributed by atoms with E-state index in [9.17, 15) is 14.4 Å². The van der Waals surface area contributed by atoms with Crippen LogP contribution in [0.1, 0.15) is 5.56 Å². The SMILES string of the molecule is COC(=O)[C@@H](N)Cc1cccc2c(-n3c(=O)c4cc(N(C)C)ccc4n(C)c3=O)cccc12. The third-order valence-electron chi connectivity index (χ3n) is 5.94. The maximum Gasteiger partial charge on any atom is 0.335 e. The maximum absolute atomic E-state index is 13.6. The fraction of sp³-hybridized carbons (Fsp3) is 0.240. The second-order valence-corrected chi connectivity index (χ2v) is 8.20. The van der Waals surface area contributed by atoms with Crippen LogP contribution in [0.15, 0.2) is 64.2 Å². The molecule has 3 aromatic carbocycles. The predicted octanol–water partition coefficient (Wildman–Crippen LogP) is 1.95. The van der Waals surface area contributed by atoms with Crippen LogP contribution in [0.4, 0.5) is 5.69 Å². The lowest BCUT2D eigenvalue weighted by atomic mass is 9.98. The zero-order valence-corrected chi connectivity index (χ0v) is 19.0. The minimum atomic E-state index is -0.815. The normalized spacial score (nSPS) is 12.2. The number of fused-ring (bicyclic) bond motifs is 2. The van der Waals surface area contributed by atoms with Crippen molar-refractivity contribution >= 4 is 33.3 Å². The molecule has 1 heterocycles. The summed E-state index contributed by atoms with van der Waals surface area (Å²) in [6.45, 7) is 0. The number of rotatable bonds is 5. The highest BCUT2D eigenvalue weighted by molar-refractivity contribution is 5.93. The molecule has 0 radical (unpaired) electrons. The molecule has 0 saturated heterocycles. The Morgan fingerprint density at radius 3 is 2.42 bits per heavy atom. The standard InChI is InChI=1S/C25H26N4O4/c1-27(2)16-11-12-21-19(14-16)23(30)29(25(32)28(21)3)22-10-6-8-17-15(7-5-9-18(17)22)13-20(26)24(31)33-4/h5-12,14,20H,13,26H2,1-4H3/t20-/m0/s1. The van der Waals surface area contributed by atoms with Gasteiger partial charge in [0.2, 0.25) is 0 Å². The van der Waals surface area contributed by atoms with Gasteiger partial charge < -0.3 is 15.4 Å². The van der Waals surface area contributed by atoms with Crippen LogP contribution in [0.5, 0.6) is 0 Å². The highest BCUT2D eigenvalue weighted by Crippen LogP contribution is 2.26. The van der Waals surface area contributed by atoms with Gasteiger partial charge in [0.1, 0.15) is 6.04 Å². The molecule has 33 heavy (non-hydrogen) atoms. The molecule has 0 spiro atoms. The average Bonchev–Trinajstić information content (AvgIpc) is 2.82. The summed E-state index contributed by atoms with van der Waals surface area (Å²) >= 11 is 0. The summed E-state index contributed by atoms with van der Waals surface area (Å²) < 4.78 is 7.43. The fourth-order valence-electron chi connectivity index (χ4n) is 4.14. The third kappa shape index (κ3) is 3.78. The van der Waals surface area contributed by atoms with Gasteiger partial charge in [-0.1, -0.05) is 30.3 Å². The first-order chi connectivity index (χ1) is 15.7. The Hall–Kier alpha value is -3.91. The molecular formula is C25H26N4O4. The monoisotopic (exact) mass is 446 g/mol. The van der Waals surface area contributed by atoms with E-state index in [0.717, 1.165) is 22.0 Å². The van der Waals surface area contributed by atoms with Crippen molar-refractivity contribution in [2.75, 3.05) is 26.1 Å². The molecule has 0 saturated carbocycles. The van der Waals surface area contributed by atoms with E-state index in [4.69, 9.17) is 10.5 Å². The van der Waals surface area contributed by atoms with Gasteiger partial charge in [-0.2, -0.15) is 0 Å². The van der Waals surface area contributed by atoms with Gasteiger partial charge >= 0.3 is 11.7 Å². The van der Waals surface area contributed by atoms with Gasteiger partial charge in [0.15, 0.2) is 0 Å². The van der Waals surface area contributed by atoms with E-state index in [1.54, 1.807) is 31.3 Å². The molecule has 0 aliphatic heterocycles. The number of methoxy groups -OCH3 is 1. The minimum absolute atomic E-state index is 0.268. The summed E-state index contributed by atoms with van der Waals surface area (Å²) in [6, 6.07) is 15.6. The van der Waals surface area contributed by atoms with E-state index in [0.29, 0.717) is 16.6 Å². The average molecular weight is 447 g/mol. The minimum Gasteiger partial charge on any atom is -0.468 e. The van der Waals surface area contributed by atoms with E-state index >= 15 is 0 Å². The number of hydrogen-bond donors (Lipinski definition) is 1. The van der Waals surface area contributed by atoms with Crippen molar-refractivity contribution in [3.8, 4) is 5.69 Å². The van der Waals surface area contributed by atoms with Gasteiger partial charge in [0.25, 0.3) is 5.56 Å². The van der Waals surface area contributed by atoms with Crippen LogP contribution in [0.3, 0.4) is 0 Å². The van der Waals surface area contributed by atoms with Crippen molar-refractivity contribution in [3.05, 3.63) is 81.0 Å². The summed E-state index contributed by atoms with van der Waals surface area (Å²) in [5.41, 5.74) is 7.89. The molecule has 1 atom stereocenters. The van der Waals surface area contributed by atoms with Gasteiger partial charge in [-0.15, -0.1) is 0 Å². The Balaban J connectivity index is 1.99. The van der Waals surface area contributed by atoms with E-state index in [1.165, 1.54) is 16.2 Å². The Morgan fingerprint density at radius 1 is 1.03 bits per heavy atom. The Kier molecular flexibility index (Phi) is 5.78. The van der Waals surface area contributed by atoms with Crippen LogP contribution < -0.4 is 21.9 Å². The molecule has 0 fully saturated rings. The quantitative estimate of drug-likeness (QED) is 0.471. The summed E-state index contributed by atoms with van der Waals surface area (Å²) in [6.07, 6.45) is 0.268. The molecule has 2 N–H and O–H groups in total. The maximum atomic E-state index is 13.6. The van der Waals surface area contributed by atoms with Crippen LogP contribution in [-0.4, -0.2) is 42.4 Å². The number of nitrogens with two attached hydrogens (primary N) is 1. The second kappa shape index (κ2) is 8.55. The lowest BCUT2D eigenvalue weighted by molar-refractivity contribution is -0.142. The Morgan fingerprint density at radius 2 is 1.73 bits per heavy atom. The van der Waals surface area contributed by atoms with Crippen molar-refractivity contribution in [2.24, 2.45) is 12.8 Å². The van der Waals surface area contributed by atoms with E-state index in [1.807, 2.05) is 49.3 Å². The van der Waals surface area contributed by atoms with Crippen molar-refractivity contribution in [3.63, 3.8) is 0 Å². The number of hydrogen-bond acceptors (Lipinski definition) is 6. The summed E-state index contributed by atoms with van der Waals surface area (Å²) in [4.78, 5) is 40.6. The first-order valence-electron chi connectivity index (χ1n) is 10.5. The summed E-state index contributed by atoms with van der Waals surface area (Å²) in [5, 5.41) is 1.98. The number of carbonyl (C=O) groups is 1. The summed E-state index contributed by atoms with van der Waals surface area (Å²) in [5.74, 6) is -0.500. The largest absolute Gasteiger partial charge is 0.468 e. The van der Waals surface area contributed by atoms with Crippen LogP contribution in [0, 0.1) is 0 Å². The number of aryl methyl sites for hydroxylation is 1. The number of benzene rings is 3. The number of nitrogens with zero attached hydrogens (tertiary/aromatic N) is 3. The van der Waals surface area contributed by atoms with Crippen molar-refractivity contribution in [1.29, 1.82) is 0 Å². The molecule has 4 rings (SSSR count). The van der Waals surface area contributed by atoms with Crippen molar-refractivity contribution in [2.45, 2.75) is 12.5 Å². The van der Waals surface area contributed by atoms with E-state index in [2.05, 4.69) is 0 Å². The van der Waals surface area contributed by atoms with Crippen LogP contribution in [-0.2, 0) is 23.0 Å². The predicted molar refractivity (Wildman–Crippen MR) is 130 cm³/mol. The molecule has 1 aromatic heterocycles. The molecule has 8 nitrogen and oxygen atoms in total. The first kappa shape index (κ1) is 22.3. The van der Waals surface area contributed by atoms with Gasteiger partial charge in [0, 0.05) is 32.2 Å². The zero-order valence-electron chi connectivity index (χ0n) is 19.0. The topological polar surface area (TPSA) is 99.6 Å². The van der Waals surface area contributed by atoms with Crippen LogP contribution in [0.2, 0.25) is 0 Å². The molecule has 0 unspecified atom stereocenters. The molecule has 170 valence electrons. The van der Waals surface area contributed by atoms with Gasteiger partial charge in [-0.05, 0) is 41.6 Å². The number of carbonyl (C=O) groups excluding carboxylic acids is 1. The van der Waals surface area contributed by atoms with E-state index < -0.39 is 17.7 Å². The second-order valence-electron chi connectivity index (χ2n) is 8.20. The number of esters is 1. The van der Waals surface area contributed by atoms with Crippen LogP contribution in [0.25, 0.3) is 27.4 Å². The molecular weight excluding hydrogens is 420 g/mol. The molecule has 0 aliphatic rings. The number of aromatic nitrogens is 2. The molecule has 0 aliphatic carbocycles. The van der Waals surface area contributed by atoms with Gasteiger partial charge in [-0.3, -0.25) is 14.2 Å². The molecule has 0 amide bonds. The Labute approximate surface area is 190 Å². The van der Waals surface area contributed by atoms with Gasteiger partial charge in [-0.25, -0.2) is 9.36 Å². The third-order valence-corrected chi connectivity index (χ3v) is 5.94. The van der Waals surface area contributed by atoms with E-state index in [-0.39, 0.29) is 12.0 Å². The molecule has 0 bridgehead atoms. The zero-order chi connectivity index (χ0) is 23.9. The molecule has 4 aromatic rings. The van der Waals surface area contributed by atoms with Crippen molar-refractivity contribution in [1.82, 2.24) is 9.13 Å².